The van der Waals surface area contributed by atoms with Crippen LogP contribution in [0.2, 0.25) is 15.1 Å². The van der Waals surface area contributed by atoms with Crippen LogP contribution >= 0.6 is 50.7 Å². The summed E-state index contributed by atoms with van der Waals surface area (Å²) < 4.78 is 12.2. The largest absolute Gasteiger partial charge is 0.342 e. The summed E-state index contributed by atoms with van der Waals surface area (Å²) in [6, 6.07) is 13.2. The van der Waals surface area contributed by atoms with Gasteiger partial charge >= 0.3 is 0 Å². The van der Waals surface area contributed by atoms with E-state index in [4.69, 9.17) is 44.3 Å². The Morgan fingerprint density at radius 1 is 1.08 bits per heavy atom. The highest BCUT2D eigenvalue weighted by Crippen LogP contribution is 2.41. The molecule has 1 saturated heterocycles. The van der Waals surface area contributed by atoms with Gasteiger partial charge in [-0.15, -0.1) is 0 Å². The number of benzene rings is 2. The van der Waals surface area contributed by atoms with Crippen LogP contribution in [-0.2, 0) is 21.7 Å². The van der Waals surface area contributed by atoms with Gasteiger partial charge in [0.2, 0.25) is 5.79 Å². The van der Waals surface area contributed by atoms with Crippen LogP contribution in [0.15, 0.2) is 42.5 Å². The second-order valence-electron chi connectivity index (χ2n) is 5.69. The van der Waals surface area contributed by atoms with Crippen LogP contribution < -0.4 is 0 Å². The van der Waals surface area contributed by atoms with Crippen molar-refractivity contribution in [3.63, 3.8) is 0 Å². The lowest BCUT2D eigenvalue weighted by atomic mass is 10.1. The van der Waals surface area contributed by atoms with Crippen molar-refractivity contribution in [2.24, 2.45) is 0 Å². The quantitative estimate of drug-likeness (QED) is 0.502. The molecule has 0 aliphatic carbocycles. The second kappa shape index (κ2) is 7.94. The van der Waals surface area contributed by atoms with Crippen molar-refractivity contribution in [1.82, 2.24) is 0 Å². The first kappa shape index (κ1) is 18.5. The molecule has 0 radical (unpaired) electrons. The van der Waals surface area contributed by atoms with Gasteiger partial charge in [0.05, 0.1) is 23.1 Å². The van der Waals surface area contributed by atoms with Crippen LogP contribution in [0.25, 0.3) is 0 Å². The van der Waals surface area contributed by atoms with Gasteiger partial charge in [-0.05, 0) is 36.6 Å². The molecule has 1 fully saturated rings. The fraction of sp³-hybridized carbons (Fsp3) is 0.333. The van der Waals surface area contributed by atoms with E-state index >= 15 is 0 Å². The fourth-order valence-corrected chi connectivity index (χ4v) is 4.19. The molecule has 2 aromatic carbocycles. The predicted molar refractivity (Wildman–Crippen MR) is 103 cm³/mol. The fourth-order valence-electron chi connectivity index (χ4n) is 2.81. The van der Waals surface area contributed by atoms with Crippen LogP contribution in [-0.4, -0.2) is 18.0 Å². The van der Waals surface area contributed by atoms with Crippen LogP contribution in [0, 0.1) is 0 Å². The summed E-state index contributed by atoms with van der Waals surface area (Å²) in [6.45, 7) is 0.509. The molecule has 1 heterocycles. The van der Waals surface area contributed by atoms with E-state index in [2.05, 4.69) is 15.9 Å². The highest BCUT2D eigenvalue weighted by molar-refractivity contribution is 9.09. The summed E-state index contributed by atoms with van der Waals surface area (Å²) in [7, 11) is 0. The first-order valence-corrected chi connectivity index (χ1v) is 9.86. The zero-order valence-electron chi connectivity index (χ0n) is 12.8. The molecule has 1 aliphatic heterocycles. The van der Waals surface area contributed by atoms with Crippen molar-refractivity contribution in [2.75, 3.05) is 11.9 Å². The number of alkyl halides is 1. The van der Waals surface area contributed by atoms with Crippen molar-refractivity contribution >= 4 is 50.7 Å². The zero-order valence-corrected chi connectivity index (χ0v) is 16.6. The maximum absolute atomic E-state index is 6.34. The summed E-state index contributed by atoms with van der Waals surface area (Å²) in [6.07, 6.45) is 1.63. The Morgan fingerprint density at radius 3 is 2.58 bits per heavy atom. The van der Waals surface area contributed by atoms with Crippen molar-refractivity contribution in [1.29, 1.82) is 0 Å². The minimum absolute atomic E-state index is 0.0226. The number of halogens is 4. The highest BCUT2D eigenvalue weighted by Gasteiger charge is 2.43. The summed E-state index contributed by atoms with van der Waals surface area (Å²) in [4.78, 5) is 0. The molecule has 0 spiro atoms. The Balaban J connectivity index is 1.71. The Bertz CT molecular complexity index is 725. The second-order valence-corrected chi connectivity index (χ2v) is 7.50. The van der Waals surface area contributed by atoms with Gasteiger partial charge in [-0.25, -0.2) is 0 Å². The molecular weight excluding hydrogens is 434 g/mol. The van der Waals surface area contributed by atoms with Gasteiger partial charge < -0.3 is 9.47 Å². The van der Waals surface area contributed by atoms with E-state index in [9.17, 15) is 0 Å². The van der Waals surface area contributed by atoms with Gasteiger partial charge in [-0.2, -0.15) is 0 Å². The van der Waals surface area contributed by atoms with E-state index in [1.807, 2.05) is 30.3 Å². The lowest BCUT2D eigenvalue weighted by Gasteiger charge is -2.27. The van der Waals surface area contributed by atoms with Gasteiger partial charge in [0.15, 0.2) is 0 Å². The standard InChI is InChI=1S/C18H16BrCl3O2/c19-11-18(15-8-6-13(20)9-17(15)22)23-10-14(24-18)7-5-12-3-1-2-4-16(12)21/h1-4,6,8-9,14H,5,7,10-11H2. The van der Waals surface area contributed by atoms with Crippen molar-refractivity contribution < 1.29 is 9.47 Å². The number of hydrogen-bond acceptors (Lipinski definition) is 2. The maximum atomic E-state index is 6.34. The first-order valence-electron chi connectivity index (χ1n) is 7.61. The Hall–Kier alpha value is -0.290. The molecule has 24 heavy (non-hydrogen) atoms. The van der Waals surface area contributed by atoms with Crippen molar-refractivity contribution in [3.8, 4) is 0 Å². The molecule has 2 unspecified atom stereocenters. The minimum Gasteiger partial charge on any atom is -0.342 e. The molecule has 2 atom stereocenters. The van der Waals surface area contributed by atoms with Crippen molar-refractivity contribution in [2.45, 2.75) is 24.7 Å². The molecule has 3 rings (SSSR count). The summed E-state index contributed by atoms with van der Waals surface area (Å²) in [5.74, 6) is -0.882. The van der Waals surface area contributed by atoms with Crippen LogP contribution in [0.1, 0.15) is 17.5 Å². The molecule has 0 N–H and O–H groups in total. The average Bonchev–Trinajstić information content (AvgIpc) is 2.99. The number of rotatable bonds is 5. The Kier molecular flexibility index (Phi) is 6.12. The third kappa shape index (κ3) is 3.92. The molecule has 6 heteroatoms. The molecular formula is C18H16BrCl3O2. The van der Waals surface area contributed by atoms with E-state index in [-0.39, 0.29) is 6.10 Å². The van der Waals surface area contributed by atoms with Gasteiger partial charge in [0.1, 0.15) is 0 Å². The monoisotopic (exact) mass is 448 g/mol. The molecule has 2 nitrogen and oxygen atoms in total. The zero-order chi connectivity index (χ0) is 17.2. The molecule has 0 amide bonds. The number of ether oxygens (including phenoxy) is 2. The molecule has 0 bridgehead atoms. The maximum Gasteiger partial charge on any atom is 0.206 e. The van der Waals surface area contributed by atoms with E-state index in [0.29, 0.717) is 22.0 Å². The third-order valence-corrected chi connectivity index (χ3v) is 5.73. The average molecular weight is 451 g/mol. The smallest absolute Gasteiger partial charge is 0.206 e. The van der Waals surface area contributed by atoms with Crippen LogP contribution in [0.3, 0.4) is 0 Å². The lowest BCUT2D eigenvalue weighted by Crippen LogP contribution is -2.30. The topological polar surface area (TPSA) is 18.5 Å². The predicted octanol–water partition coefficient (Wildman–Crippen LogP) is 6.24. The van der Waals surface area contributed by atoms with Crippen molar-refractivity contribution in [3.05, 3.63) is 68.7 Å². The van der Waals surface area contributed by atoms with E-state index in [1.54, 1.807) is 12.1 Å². The molecule has 128 valence electrons. The molecule has 2 aromatic rings. The van der Waals surface area contributed by atoms with E-state index in [1.165, 1.54) is 0 Å². The van der Waals surface area contributed by atoms with Gasteiger partial charge in [-0.3, -0.25) is 0 Å². The molecule has 1 aliphatic rings. The lowest BCUT2D eigenvalue weighted by molar-refractivity contribution is -0.157. The van der Waals surface area contributed by atoms with Gasteiger partial charge in [0, 0.05) is 15.6 Å². The SMILES string of the molecule is Clc1ccc(C2(CBr)OCC(CCc3ccccc3Cl)O2)c(Cl)c1. The molecule has 0 aromatic heterocycles. The summed E-state index contributed by atoms with van der Waals surface area (Å²) in [5, 5.41) is 2.39. The van der Waals surface area contributed by atoms with E-state index < -0.39 is 5.79 Å². The van der Waals surface area contributed by atoms with Gasteiger partial charge in [0.25, 0.3) is 0 Å². The Labute approximate surface area is 165 Å². The third-order valence-electron chi connectivity index (χ3n) is 4.07. The normalized spacial score (nSPS) is 23.6. The Morgan fingerprint density at radius 2 is 1.88 bits per heavy atom. The number of hydrogen-bond donors (Lipinski definition) is 0. The highest BCUT2D eigenvalue weighted by atomic mass is 79.9. The van der Waals surface area contributed by atoms with E-state index in [0.717, 1.165) is 29.0 Å². The molecule has 0 saturated carbocycles. The minimum atomic E-state index is -0.882. The van der Waals surface area contributed by atoms with Crippen LogP contribution in [0.5, 0.6) is 0 Å². The summed E-state index contributed by atoms with van der Waals surface area (Å²) in [5.41, 5.74) is 1.90. The van der Waals surface area contributed by atoms with Crippen LogP contribution in [0.4, 0.5) is 0 Å². The first-order chi connectivity index (χ1) is 11.5. The summed E-state index contributed by atoms with van der Waals surface area (Å²) >= 11 is 22.0. The van der Waals surface area contributed by atoms with Gasteiger partial charge in [-0.1, -0.05) is 75.0 Å². The number of aryl methyl sites for hydroxylation is 1.